The summed E-state index contributed by atoms with van der Waals surface area (Å²) in [5.41, 5.74) is 6.44. The van der Waals surface area contributed by atoms with E-state index in [0.29, 0.717) is 12.5 Å². The third kappa shape index (κ3) is 6.42. The van der Waals surface area contributed by atoms with Crippen LogP contribution < -0.4 is 5.73 Å². The van der Waals surface area contributed by atoms with Crippen LogP contribution in [-0.2, 0) is 9.53 Å². The second-order valence-electron chi connectivity index (χ2n) is 5.33. The van der Waals surface area contributed by atoms with E-state index in [2.05, 4.69) is 13.8 Å². The number of hydrogen-bond donors (Lipinski definition) is 1. The number of anilines is 1. The Morgan fingerprint density at radius 3 is 2.48 bits per heavy atom. The number of hydrogen-bond acceptors (Lipinski definition) is 4. The van der Waals surface area contributed by atoms with E-state index in [1.165, 1.54) is 12.8 Å². The molecule has 0 radical (unpaired) electrons. The van der Waals surface area contributed by atoms with Crippen molar-refractivity contribution in [1.29, 1.82) is 0 Å². The van der Waals surface area contributed by atoms with E-state index in [9.17, 15) is 4.79 Å². The van der Waals surface area contributed by atoms with Gasteiger partial charge in [-0.05, 0) is 43.5 Å². The molecule has 0 fully saturated rings. The van der Waals surface area contributed by atoms with Crippen LogP contribution in [0.2, 0.25) is 0 Å². The molecule has 0 aromatic heterocycles. The largest absolute Gasteiger partial charge is 0.465 e. The molecule has 4 heteroatoms. The number of thioether (sulfide) groups is 1. The maximum atomic E-state index is 12.2. The molecule has 1 aromatic rings. The van der Waals surface area contributed by atoms with Crippen LogP contribution in [0.4, 0.5) is 5.69 Å². The number of ether oxygens (including phenoxy) is 1. The molecule has 118 valence electrons. The summed E-state index contributed by atoms with van der Waals surface area (Å²) in [5.74, 6) is 0.196. The van der Waals surface area contributed by atoms with E-state index in [-0.39, 0.29) is 11.2 Å². The summed E-state index contributed by atoms with van der Waals surface area (Å²) >= 11 is 1.58. The molecule has 1 rings (SSSR count). The maximum Gasteiger partial charge on any atom is 0.319 e. The van der Waals surface area contributed by atoms with Crippen molar-refractivity contribution in [2.75, 3.05) is 12.3 Å². The molecular formula is C17H27NO2S. The number of carbonyl (C=O) groups is 1. The third-order valence-corrected chi connectivity index (χ3v) is 4.90. The quantitative estimate of drug-likeness (QED) is 0.315. The highest BCUT2D eigenvalue weighted by Crippen LogP contribution is 2.32. The molecule has 0 spiro atoms. The molecule has 0 amide bonds. The molecule has 21 heavy (non-hydrogen) atoms. The zero-order valence-corrected chi connectivity index (χ0v) is 14.1. The summed E-state index contributed by atoms with van der Waals surface area (Å²) in [6.45, 7) is 6.61. The van der Waals surface area contributed by atoms with E-state index < -0.39 is 0 Å². The van der Waals surface area contributed by atoms with Crippen LogP contribution in [-0.4, -0.2) is 17.8 Å². The van der Waals surface area contributed by atoms with Crippen molar-refractivity contribution in [3.63, 3.8) is 0 Å². The van der Waals surface area contributed by atoms with Crippen LogP contribution in [0.3, 0.4) is 0 Å². The zero-order valence-electron chi connectivity index (χ0n) is 13.3. The number of unbranched alkanes of at least 4 members (excludes halogenated alkanes) is 2. The highest BCUT2D eigenvalue weighted by molar-refractivity contribution is 8.00. The smallest absolute Gasteiger partial charge is 0.319 e. The summed E-state index contributed by atoms with van der Waals surface area (Å²) in [6, 6.07) is 7.66. The maximum absolute atomic E-state index is 12.2. The van der Waals surface area contributed by atoms with Gasteiger partial charge in [-0.1, -0.05) is 33.1 Å². The van der Waals surface area contributed by atoms with Gasteiger partial charge in [-0.15, -0.1) is 11.8 Å². The van der Waals surface area contributed by atoms with Crippen molar-refractivity contribution >= 4 is 23.4 Å². The molecule has 0 aliphatic heterocycles. The van der Waals surface area contributed by atoms with Crippen LogP contribution in [0, 0.1) is 5.92 Å². The summed E-state index contributed by atoms with van der Waals surface area (Å²) in [5, 5.41) is -0.148. The fourth-order valence-electron chi connectivity index (χ4n) is 2.18. The first kappa shape index (κ1) is 17.9. The fourth-order valence-corrected chi connectivity index (χ4v) is 3.30. The Labute approximate surface area is 132 Å². The number of nitrogens with two attached hydrogens (primary N) is 1. The van der Waals surface area contributed by atoms with Gasteiger partial charge in [0, 0.05) is 10.6 Å². The summed E-state index contributed by atoms with van der Waals surface area (Å²) in [7, 11) is 0. The first-order valence-electron chi connectivity index (χ1n) is 7.77. The van der Waals surface area contributed by atoms with Crippen LogP contribution in [0.15, 0.2) is 29.2 Å². The lowest BCUT2D eigenvalue weighted by molar-refractivity contribution is -0.143. The molecular weight excluding hydrogens is 282 g/mol. The number of carbonyl (C=O) groups excluding carboxylic acids is 1. The van der Waals surface area contributed by atoms with Crippen LogP contribution in [0.25, 0.3) is 0 Å². The third-order valence-electron chi connectivity index (χ3n) is 3.44. The summed E-state index contributed by atoms with van der Waals surface area (Å²) < 4.78 is 5.24. The SMILES string of the molecule is CCCCCC(C)C(Sc1ccc(N)cc1)C(=O)OCC. The van der Waals surface area contributed by atoms with Crippen LogP contribution in [0.5, 0.6) is 0 Å². The van der Waals surface area contributed by atoms with Gasteiger partial charge in [0.15, 0.2) is 0 Å². The average Bonchev–Trinajstić information content (AvgIpc) is 2.47. The second kappa shape index (κ2) is 9.72. The van der Waals surface area contributed by atoms with Crippen molar-refractivity contribution in [2.24, 2.45) is 5.92 Å². The summed E-state index contributed by atoms with van der Waals surface area (Å²) in [6.07, 6.45) is 4.63. The first-order valence-corrected chi connectivity index (χ1v) is 8.65. The van der Waals surface area contributed by atoms with Gasteiger partial charge in [0.2, 0.25) is 0 Å². The Morgan fingerprint density at radius 2 is 1.90 bits per heavy atom. The van der Waals surface area contributed by atoms with Crippen LogP contribution in [0.1, 0.15) is 46.5 Å². The topological polar surface area (TPSA) is 52.3 Å². The number of rotatable bonds is 9. The zero-order chi connectivity index (χ0) is 15.7. The van der Waals surface area contributed by atoms with Gasteiger partial charge in [-0.3, -0.25) is 4.79 Å². The predicted molar refractivity (Wildman–Crippen MR) is 90.4 cm³/mol. The van der Waals surface area contributed by atoms with E-state index in [1.807, 2.05) is 31.2 Å². The normalized spacial score (nSPS) is 13.7. The Bertz CT molecular complexity index is 419. The van der Waals surface area contributed by atoms with Gasteiger partial charge in [0.05, 0.1) is 6.61 Å². The van der Waals surface area contributed by atoms with Gasteiger partial charge in [-0.25, -0.2) is 0 Å². The number of nitrogen functional groups attached to an aromatic ring is 1. The Balaban J connectivity index is 2.71. The van der Waals surface area contributed by atoms with Gasteiger partial charge in [0.25, 0.3) is 0 Å². The standard InChI is InChI=1S/C17H27NO2S/c1-4-6-7-8-13(3)16(17(19)20-5-2)21-15-11-9-14(18)10-12-15/h9-13,16H,4-8,18H2,1-3H3. The van der Waals surface area contributed by atoms with Crippen molar-refractivity contribution in [3.05, 3.63) is 24.3 Å². The fraction of sp³-hybridized carbons (Fsp3) is 0.588. The molecule has 2 N–H and O–H groups in total. The first-order chi connectivity index (χ1) is 10.1. The monoisotopic (exact) mass is 309 g/mol. The molecule has 0 saturated heterocycles. The number of benzene rings is 1. The highest BCUT2D eigenvalue weighted by atomic mass is 32.2. The predicted octanol–water partition coefficient (Wildman–Crippen LogP) is 4.51. The van der Waals surface area contributed by atoms with Gasteiger partial charge in [0.1, 0.15) is 5.25 Å². The number of esters is 1. The van der Waals surface area contributed by atoms with Crippen molar-refractivity contribution in [3.8, 4) is 0 Å². The van der Waals surface area contributed by atoms with Gasteiger partial charge < -0.3 is 10.5 Å². The van der Waals surface area contributed by atoms with Crippen molar-refractivity contribution in [2.45, 2.75) is 56.6 Å². The molecule has 2 atom stereocenters. The van der Waals surface area contributed by atoms with Crippen molar-refractivity contribution in [1.82, 2.24) is 0 Å². The summed E-state index contributed by atoms with van der Waals surface area (Å²) in [4.78, 5) is 13.3. The van der Waals surface area contributed by atoms with E-state index in [1.54, 1.807) is 11.8 Å². The lowest BCUT2D eigenvalue weighted by Gasteiger charge is -2.22. The molecule has 0 aliphatic carbocycles. The van der Waals surface area contributed by atoms with Gasteiger partial charge in [-0.2, -0.15) is 0 Å². The Morgan fingerprint density at radius 1 is 1.24 bits per heavy atom. The van der Waals surface area contributed by atoms with Crippen molar-refractivity contribution < 1.29 is 9.53 Å². The molecule has 0 bridgehead atoms. The Hall–Kier alpha value is -1.16. The minimum Gasteiger partial charge on any atom is -0.465 e. The highest BCUT2D eigenvalue weighted by Gasteiger charge is 2.27. The molecule has 0 heterocycles. The lowest BCUT2D eigenvalue weighted by atomic mass is 9.99. The van der Waals surface area contributed by atoms with E-state index >= 15 is 0 Å². The van der Waals surface area contributed by atoms with E-state index in [0.717, 1.165) is 23.4 Å². The minimum absolute atomic E-state index is 0.108. The van der Waals surface area contributed by atoms with E-state index in [4.69, 9.17) is 10.5 Å². The molecule has 0 aliphatic rings. The molecule has 2 unspecified atom stereocenters. The van der Waals surface area contributed by atoms with Gasteiger partial charge >= 0.3 is 5.97 Å². The molecule has 1 aromatic carbocycles. The minimum atomic E-state index is -0.148. The molecule has 3 nitrogen and oxygen atoms in total. The van der Waals surface area contributed by atoms with Crippen LogP contribution >= 0.6 is 11.8 Å². The lowest BCUT2D eigenvalue weighted by Crippen LogP contribution is -2.27. The average molecular weight is 309 g/mol. The Kier molecular flexibility index (Phi) is 8.28. The molecule has 0 saturated carbocycles. The second-order valence-corrected chi connectivity index (χ2v) is 6.55.